The number of nitrogens with zero attached hydrogens (tertiary/aromatic N) is 3. The van der Waals surface area contributed by atoms with Gasteiger partial charge in [-0.05, 0) is 33.0 Å². The van der Waals surface area contributed by atoms with E-state index < -0.39 is 12.0 Å². The molecule has 0 aliphatic carbocycles. The molecule has 2 rings (SSSR count). The van der Waals surface area contributed by atoms with E-state index in [-0.39, 0.29) is 0 Å². The molecule has 0 saturated carbocycles. The maximum atomic E-state index is 11.0. The Bertz CT molecular complexity index is 613. The van der Waals surface area contributed by atoms with Crippen LogP contribution in [-0.4, -0.2) is 39.0 Å². The lowest BCUT2D eigenvalue weighted by molar-refractivity contribution is -0.142. The fourth-order valence-corrected chi connectivity index (χ4v) is 1.84. The lowest BCUT2D eigenvalue weighted by Gasteiger charge is -2.21. The molecule has 1 heterocycles. The second kappa shape index (κ2) is 5.32. The molecular weight excluding hydrogens is 242 g/mol. The molecule has 0 amide bonds. The zero-order chi connectivity index (χ0) is 14.0. The first-order valence-electron chi connectivity index (χ1n) is 6.14. The zero-order valence-electron chi connectivity index (χ0n) is 11.3. The smallest absolute Gasteiger partial charge is 0.320 e. The highest BCUT2D eigenvalue weighted by molar-refractivity contribution is 5.74. The summed E-state index contributed by atoms with van der Waals surface area (Å²) in [5, 5.41) is 8.99. The van der Waals surface area contributed by atoms with Crippen LogP contribution in [0.1, 0.15) is 18.3 Å². The number of carboxylic acids is 1. The third-order valence-electron chi connectivity index (χ3n) is 3.26. The molecule has 1 unspecified atom stereocenters. The molecule has 1 atom stereocenters. The highest BCUT2D eigenvalue weighted by Crippen LogP contribution is 2.14. The van der Waals surface area contributed by atoms with Crippen molar-refractivity contribution in [3.05, 3.63) is 35.7 Å². The predicted molar refractivity (Wildman–Crippen MR) is 72.8 cm³/mol. The van der Waals surface area contributed by atoms with Crippen LogP contribution in [-0.2, 0) is 11.3 Å². The van der Waals surface area contributed by atoms with Gasteiger partial charge in [0.15, 0.2) is 0 Å². The van der Waals surface area contributed by atoms with Crippen LogP contribution in [0.4, 0.5) is 0 Å². The monoisotopic (exact) mass is 259 g/mol. The molecule has 1 N–H and O–H groups in total. The van der Waals surface area contributed by atoms with E-state index in [9.17, 15) is 4.79 Å². The molecule has 0 aliphatic heterocycles. The molecule has 5 heteroatoms. The number of carboxylic acid groups (broad SMARTS) is 1. The minimum atomic E-state index is -0.839. The number of likely N-dealkylation sites (N-methyl/N-ethyl adjacent to an activating group) is 1. The number of aryl methyl sites for hydroxylation is 1. The van der Waals surface area contributed by atoms with Crippen molar-refractivity contribution in [3.8, 4) is 0 Å². The number of hydrogen-bond donors (Lipinski definition) is 1. The van der Waals surface area contributed by atoms with E-state index in [1.165, 1.54) is 0 Å². The molecular formula is C14H17N3O2. The van der Waals surface area contributed by atoms with Gasteiger partial charge in [-0.2, -0.15) is 0 Å². The van der Waals surface area contributed by atoms with E-state index >= 15 is 0 Å². The van der Waals surface area contributed by atoms with Crippen LogP contribution in [0.3, 0.4) is 0 Å². The van der Waals surface area contributed by atoms with Crippen molar-refractivity contribution >= 4 is 17.0 Å². The van der Waals surface area contributed by atoms with Gasteiger partial charge < -0.3 is 5.11 Å². The van der Waals surface area contributed by atoms with Crippen LogP contribution in [0, 0.1) is 6.92 Å². The van der Waals surface area contributed by atoms with Crippen molar-refractivity contribution in [2.45, 2.75) is 26.4 Å². The molecule has 0 bridgehead atoms. The second-order valence-electron chi connectivity index (χ2n) is 4.67. The summed E-state index contributed by atoms with van der Waals surface area (Å²) in [6, 6.07) is 7.12. The SMILES string of the molecule is Cc1nc2ccccc2nc1CN(C)C(C)C(=O)O. The summed E-state index contributed by atoms with van der Waals surface area (Å²) in [5.41, 5.74) is 3.34. The molecule has 100 valence electrons. The lowest BCUT2D eigenvalue weighted by Crippen LogP contribution is -2.35. The predicted octanol–water partition coefficient (Wildman–Crippen LogP) is 1.84. The van der Waals surface area contributed by atoms with Crippen molar-refractivity contribution in [1.29, 1.82) is 0 Å². The Labute approximate surface area is 111 Å². The molecule has 0 spiro atoms. The third-order valence-corrected chi connectivity index (χ3v) is 3.26. The van der Waals surface area contributed by atoms with Crippen molar-refractivity contribution in [2.24, 2.45) is 0 Å². The maximum Gasteiger partial charge on any atom is 0.320 e. The minimum Gasteiger partial charge on any atom is -0.480 e. The van der Waals surface area contributed by atoms with Crippen LogP contribution in [0.15, 0.2) is 24.3 Å². The number of para-hydroxylation sites is 2. The van der Waals surface area contributed by atoms with Gasteiger partial charge in [0.2, 0.25) is 0 Å². The molecule has 19 heavy (non-hydrogen) atoms. The fourth-order valence-electron chi connectivity index (χ4n) is 1.84. The Morgan fingerprint density at radius 1 is 1.32 bits per heavy atom. The molecule has 0 aliphatic rings. The van der Waals surface area contributed by atoms with Gasteiger partial charge in [-0.3, -0.25) is 9.69 Å². The summed E-state index contributed by atoms with van der Waals surface area (Å²) in [7, 11) is 1.77. The summed E-state index contributed by atoms with van der Waals surface area (Å²) in [6.45, 7) is 4.03. The molecule has 0 radical (unpaired) electrons. The fraction of sp³-hybridized carbons (Fsp3) is 0.357. The van der Waals surface area contributed by atoms with Gasteiger partial charge in [0, 0.05) is 6.54 Å². The Morgan fingerprint density at radius 2 is 1.89 bits per heavy atom. The third kappa shape index (κ3) is 2.88. The molecule has 1 aromatic heterocycles. The molecule has 1 aromatic carbocycles. The van der Waals surface area contributed by atoms with Crippen LogP contribution < -0.4 is 0 Å². The Morgan fingerprint density at radius 3 is 2.47 bits per heavy atom. The number of aromatic nitrogens is 2. The Kier molecular flexibility index (Phi) is 3.76. The number of aliphatic carboxylic acids is 1. The van der Waals surface area contributed by atoms with E-state index in [1.54, 1.807) is 18.9 Å². The van der Waals surface area contributed by atoms with Gasteiger partial charge in [-0.25, -0.2) is 9.97 Å². The van der Waals surface area contributed by atoms with Crippen molar-refractivity contribution in [1.82, 2.24) is 14.9 Å². The molecule has 2 aromatic rings. The number of fused-ring (bicyclic) bond motifs is 1. The number of hydrogen-bond acceptors (Lipinski definition) is 4. The highest BCUT2D eigenvalue weighted by Gasteiger charge is 2.18. The largest absolute Gasteiger partial charge is 0.480 e. The van der Waals surface area contributed by atoms with Crippen LogP contribution in [0.2, 0.25) is 0 Å². The second-order valence-corrected chi connectivity index (χ2v) is 4.67. The number of carbonyl (C=O) groups is 1. The highest BCUT2D eigenvalue weighted by atomic mass is 16.4. The lowest BCUT2D eigenvalue weighted by atomic mass is 10.2. The summed E-state index contributed by atoms with van der Waals surface area (Å²) in [6.07, 6.45) is 0. The topological polar surface area (TPSA) is 66.3 Å². The zero-order valence-corrected chi connectivity index (χ0v) is 11.3. The average molecular weight is 259 g/mol. The van der Waals surface area contributed by atoms with E-state index in [4.69, 9.17) is 5.11 Å². The Balaban J connectivity index is 2.30. The van der Waals surface area contributed by atoms with Gasteiger partial charge in [-0.1, -0.05) is 12.1 Å². The molecule has 0 fully saturated rings. The van der Waals surface area contributed by atoms with Crippen LogP contribution in [0.5, 0.6) is 0 Å². The molecule has 0 saturated heterocycles. The average Bonchev–Trinajstić information content (AvgIpc) is 2.38. The van der Waals surface area contributed by atoms with E-state index in [1.807, 2.05) is 31.2 Å². The van der Waals surface area contributed by atoms with Crippen LogP contribution in [0.25, 0.3) is 11.0 Å². The van der Waals surface area contributed by atoms with Gasteiger partial charge in [-0.15, -0.1) is 0 Å². The van der Waals surface area contributed by atoms with Crippen molar-refractivity contribution in [2.75, 3.05) is 7.05 Å². The van der Waals surface area contributed by atoms with E-state index in [2.05, 4.69) is 9.97 Å². The molecule has 5 nitrogen and oxygen atoms in total. The first kappa shape index (κ1) is 13.4. The van der Waals surface area contributed by atoms with Crippen molar-refractivity contribution < 1.29 is 9.90 Å². The van der Waals surface area contributed by atoms with Gasteiger partial charge in [0.05, 0.1) is 22.4 Å². The quantitative estimate of drug-likeness (QED) is 0.907. The number of benzene rings is 1. The first-order valence-corrected chi connectivity index (χ1v) is 6.14. The first-order chi connectivity index (χ1) is 8.99. The maximum absolute atomic E-state index is 11.0. The minimum absolute atomic E-state index is 0.469. The summed E-state index contributed by atoms with van der Waals surface area (Å²) in [4.78, 5) is 21.8. The van der Waals surface area contributed by atoms with E-state index in [0.717, 1.165) is 22.4 Å². The summed E-state index contributed by atoms with van der Waals surface area (Å²) < 4.78 is 0. The van der Waals surface area contributed by atoms with Crippen LogP contribution >= 0.6 is 0 Å². The Hall–Kier alpha value is -2.01. The standard InChI is InChI=1S/C14H17N3O2/c1-9-13(8-17(3)10(2)14(18)19)16-12-7-5-4-6-11(12)15-9/h4-7,10H,8H2,1-3H3,(H,18,19). The summed E-state index contributed by atoms with van der Waals surface area (Å²) in [5.74, 6) is -0.839. The van der Waals surface area contributed by atoms with E-state index in [0.29, 0.717) is 6.54 Å². The van der Waals surface area contributed by atoms with Crippen molar-refractivity contribution in [3.63, 3.8) is 0 Å². The van der Waals surface area contributed by atoms with Gasteiger partial charge in [0.25, 0.3) is 0 Å². The summed E-state index contributed by atoms with van der Waals surface area (Å²) >= 11 is 0. The van der Waals surface area contributed by atoms with Gasteiger partial charge in [0.1, 0.15) is 6.04 Å². The van der Waals surface area contributed by atoms with Gasteiger partial charge >= 0.3 is 5.97 Å². The normalized spacial score (nSPS) is 12.8. The number of rotatable bonds is 4.